The number of fused-ring (bicyclic) bond motifs is 6. The van der Waals surface area contributed by atoms with Crippen molar-refractivity contribution in [2.45, 2.75) is 0 Å². The van der Waals surface area contributed by atoms with Gasteiger partial charge in [0.1, 0.15) is 5.58 Å². The Balaban J connectivity index is 1.16. The topological polar surface area (TPSA) is 56.7 Å². The summed E-state index contributed by atoms with van der Waals surface area (Å²) in [4.78, 5) is 14.2. The van der Waals surface area contributed by atoms with E-state index in [0.29, 0.717) is 22.5 Å². The fraction of sp³-hybridized carbons (Fsp3) is 0. The summed E-state index contributed by atoms with van der Waals surface area (Å²) in [5.74, 6) is 0.561. The van der Waals surface area contributed by atoms with E-state index in [9.17, 15) is 0 Å². The molecule has 0 aliphatic heterocycles. The normalized spacial score (nSPS) is 13.0. The molecule has 0 atom stereocenters. The van der Waals surface area contributed by atoms with Crippen LogP contribution in [0.15, 0.2) is 174 Å². The van der Waals surface area contributed by atoms with Gasteiger partial charge in [0.2, 0.25) is 0 Å². The molecule has 0 aliphatic carbocycles. The van der Waals surface area contributed by atoms with Crippen LogP contribution in [0.1, 0.15) is 6.85 Å². The van der Waals surface area contributed by atoms with E-state index < -0.39 is 18.1 Å². The molecule has 10 aromatic rings. The second-order valence-electron chi connectivity index (χ2n) is 12.1. The van der Waals surface area contributed by atoms with E-state index in [-0.39, 0.29) is 29.3 Å². The number of para-hydroxylation sites is 2. The van der Waals surface area contributed by atoms with Crippen LogP contribution < -0.4 is 0 Å². The van der Waals surface area contributed by atoms with Gasteiger partial charge in [0.05, 0.1) is 23.6 Å². The van der Waals surface area contributed by atoms with E-state index in [1.165, 1.54) is 0 Å². The summed E-state index contributed by atoms with van der Waals surface area (Å²) in [6, 6.07) is 44.5. The summed E-state index contributed by atoms with van der Waals surface area (Å²) >= 11 is 0. The third-order valence-corrected chi connectivity index (χ3v) is 9.15. The Morgan fingerprint density at radius 2 is 1.08 bits per heavy atom. The molecule has 0 saturated carbocycles. The number of hydrogen-bond acceptors (Lipinski definition) is 4. The molecular weight excluding hydrogens is 613 g/mol. The largest absolute Gasteiger partial charge is 0.454 e. The van der Waals surface area contributed by atoms with Crippen molar-refractivity contribution in [3.8, 4) is 51.0 Å². The van der Waals surface area contributed by atoms with Gasteiger partial charge in [0, 0.05) is 38.2 Å². The maximum Gasteiger partial charge on any atom is 0.164 e. The van der Waals surface area contributed by atoms with Crippen molar-refractivity contribution in [1.82, 2.24) is 19.5 Å². The summed E-state index contributed by atoms with van der Waals surface area (Å²) in [6.07, 6.45) is 0. The average molecular weight is 646 g/mol. The molecule has 0 saturated heterocycles. The predicted octanol–water partition coefficient (Wildman–Crippen LogP) is 11.5. The van der Waals surface area contributed by atoms with Crippen LogP contribution in [0.2, 0.25) is 0 Å². The first-order chi connectivity index (χ1) is 26.9. The maximum absolute atomic E-state index is 8.63. The highest BCUT2D eigenvalue weighted by atomic mass is 16.3. The second-order valence-corrected chi connectivity index (χ2v) is 12.1. The second kappa shape index (κ2) is 11.4. The van der Waals surface area contributed by atoms with Gasteiger partial charge in [-0.25, -0.2) is 15.0 Å². The van der Waals surface area contributed by atoms with Crippen LogP contribution in [0.3, 0.4) is 0 Å². The number of rotatable bonds is 5. The smallest absolute Gasteiger partial charge is 0.164 e. The van der Waals surface area contributed by atoms with Gasteiger partial charge in [-0.1, -0.05) is 133 Å². The molecule has 0 radical (unpaired) electrons. The number of aromatic nitrogens is 4. The molecule has 0 unspecified atom stereocenters. The molecule has 10 rings (SSSR count). The summed E-state index contributed by atoms with van der Waals surface area (Å²) in [7, 11) is 0. The Bertz CT molecular complexity index is 3130. The molecule has 3 heterocycles. The Kier molecular flexibility index (Phi) is 5.35. The van der Waals surface area contributed by atoms with Crippen LogP contribution in [-0.4, -0.2) is 19.5 Å². The van der Waals surface area contributed by atoms with Crippen LogP contribution in [0.4, 0.5) is 0 Å². The molecule has 0 fully saturated rings. The molecule has 234 valence electrons. The molecule has 0 bridgehead atoms. The van der Waals surface area contributed by atoms with Gasteiger partial charge < -0.3 is 8.98 Å². The SMILES string of the molecule is [2H]c1c([2H])c([2H])c(-c2nc(-c3ccccc3)nc(-c3ccc4c(c3)oc3c(-n5c6ccccc6c6cc(-c7ccccc7)ccc65)cccc34)n2)c([2H])c1[2H]. The fourth-order valence-corrected chi connectivity index (χ4v) is 6.84. The minimum atomic E-state index is -0.483. The first-order valence-corrected chi connectivity index (χ1v) is 16.3. The van der Waals surface area contributed by atoms with Crippen molar-refractivity contribution >= 4 is 43.7 Å². The average Bonchev–Trinajstić information content (AvgIpc) is 3.78. The van der Waals surface area contributed by atoms with Crippen LogP contribution in [0.25, 0.3) is 94.7 Å². The van der Waals surface area contributed by atoms with Crippen molar-refractivity contribution in [3.63, 3.8) is 0 Å². The summed E-state index contributed by atoms with van der Waals surface area (Å²) in [5, 5.41) is 4.15. The Hall–Kier alpha value is -6.85. The zero-order valence-corrected chi connectivity index (χ0v) is 26.5. The Morgan fingerprint density at radius 1 is 0.440 bits per heavy atom. The highest BCUT2D eigenvalue weighted by Gasteiger charge is 2.19. The number of furan rings is 1. The first-order valence-electron chi connectivity index (χ1n) is 18.8. The standard InChI is InChI=1S/C45H28N4O/c1-4-13-29(14-5-1)32-24-26-39-37(27-32)34-19-10-11-21-38(34)49(39)40-22-12-20-36-35-25-23-33(28-41(35)50-42(36)40)45-47-43(30-15-6-2-7-16-30)46-44(48-45)31-17-8-3-9-18-31/h1-28H/i2D,6D,7D,15D,16D. The van der Waals surface area contributed by atoms with Crippen LogP contribution in [0.5, 0.6) is 0 Å². The molecule has 5 heteroatoms. The van der Waals surface area contributed by atoms with Gasteiger partial charge in [-0.2, -0.15) is 0 Å². The zero-order chi connectivity index (χ0) is 37.4. The van der Waals surface area contributed by atoms with E-state index in [1.54, 1.807) is 0 Å². The Morgan fingerprint density at radius 3 is 1.88 bits per heavy atom. The predicted molar refractivity (Wildman–Crippen MR) is 203 cm³/mol. The number of benzene rings is 7. The van der Waals surface area contributed by atoms with Gasteiger partial charge >= 0.3 is 0 Å². The zero-order valence-electron chi connectivity index (χ0n) is 31.5. The molecule has 50 heavy (non-hydrogen) atoms. The van der Waals surface area contributed by atoms with E-state index in [0.717, 1.165) is 55.0 Å². The van der Waals surface area contributed by atoms with Gasteiger partial charge in [-0.15, -0.1) is 0 Å². The van der Waals surface area contributed by atoms with Crippen LogP contribution >= 0.6 is 0 Å². The van der Waals surface area contributed by atoms with Gasteiger partial charge in [0.15, 0.2) is 23.1 Å². The minimum absolute atomic E-state index is 0.0189. The van der Waals surface area contributed by atoms with E-state index in [2.05, 4.69) is 88.4 Å². The lowest BCUT2D eigenvalue weighted by Crippen LogP contribution is -2.00. The third kappa shape index (κ3) is 4.60. The maximum atomic E-state index is 8.63. The van der Waals surface area contributed by atoms with Gasteiger partial charge in [0.25, 0.3) is 0 Å². The third-order valence-electron chi connectivity index (χ3n) is 9.15. The first kappa shape index (κ1) is 23.5. The molecule has 7 aromatic carbocycles. The quantitative estimate of drug-likeness (QED) is 0.187. The minimum Gasteiger partial charge on any atom is -0.454 e. The fourth-order valence-electron chi connectivity index (χ4n) is 6.84. The van der Waals surface area contributed by atoms with E-state index in [4.69, 9.17) is 21.2 Å². The summed E-state index contributed by atoms with van der Waals surface area (Å²) < 4.78 is 50.9. The van der Waals surface area contributed by atoms with Crippen molar-refractivity contribution in [2.75, 3.05) is 0 Å². The van der Waals surface area contributed by atoms with E-state index in [1.807, 2.05) is 60.7 Å². The number of nitrogens with zero attached hydrogens (tertiary/aromatic N) is 4. The summed E-state index contributed by atoms with van der Waals surface area (Å²) in [5.41, 5.74) is 7.90. The van der Waals surface area contributed by atoms with Crippen molar-refractivity contribution in [1.29, 1.82) is 0 Å². The van der Waals surface area contributed by atoms with Crippen molar-refractivity contribution in [3.05, 3.63) is 170 Å². The van der Waals surface area contributed by atoms with Gasteiger partial charge in [-0.3, -0.25) is 0 Å². The molecule has 0 N–H and O–H groups in total. The van der Waals surface area contributed by atoms with Crippen LogP contribution in [0, 0.1) is 0 Å². The van der Waals surface area contributed by atoms with Crippen molar-refractivity contribution < 1.29 is 11.3 Å². The Labute approximate surface area is 294 Å². The highest BCUT2D eigenvalue weighted by Crippen LogP contribution is 2.40. The lowest BCUT2D eigenvalue weighted by Gasteiger charge is -2.09. The molecule has 0 aliphatic rings. The van der Waals surface area contributed by atoms with Crippen LogP contribution in [-0.2, 0) is 0 Å². The lowest BCUT2D eigenvalue weighted by atomic mass is 10.0. The van der Waals surface area contributed by atoms with Gasteiger partial charge in [-0.05, 0) is 47.5 Å². The molecule has 0 amide bonds. The van der Waals surface area contributed by atoms with E-state index >= 15 is 0 Å². The molecule has 3 aromatic heterocycles. The monoisotopic (exact) mass is 645 g/mol. The molecular formula is C45H28N4O. The van der Waals surface area contributed by atoms with Crippen molar-refractivity contribution in [2.24, 2.45) is 0 Å². The molecule has 0 spiro atoms. The molecule has 5 nitrogen and oxygen atoms in total. The lowest BCUT2D eigenvalue weighted by molar-refractivity contribution is 0.666. The highest BCUT2D eigenvalue weighted by molar-refractivity contribution is 6.13. The summed E-state index contributed by atoms with van der Waals surface area (Å²) in [6.45, 7) is 0. The number of hydrogen-bond donors (Lipinski definition) is 0.